The molecular weight excluding hydrogens is 336 g/mol. The SMILES string of the molecule is NC[C@H]1OB(O)c2c(OCCO)ccc(I)c21. The summed E-state index contributed by atoms with van der Waals surface area (Å²) in [7, 11) is -1.01. The zero-order valence-electron chi connectivity index (χ0n) is 9.10. The van der Waals surface area contributed by atoms with Gasteiger partial charge in [-0.05, 0) is 40.3 Å². The van der Waals surface area contributed by atoms with E-state index in [1.54, 1.807) is 6.07 Å². The summed E-state index contributed by atoms with van der Waals surface area (Å²) in [6, 6.07) is 3.65. The van der Waals surface area contributed by atoms with Crippen LogP contribution in [0.1, 0.15) is 11.7 Å². The van der Waals surface area contributed by atoms with E-state index in [9.17, 15) is 5.02 Å². The van der Waals surface area contributed by atoms with Crippen LogP contribution in [0.15, 0.2) is 12.1 Å². The molecule has 0 aromatic heterocycles. The molecule has 0 unspecified atom stereocenters. The van der Waals surface area contributed by atoms with Gasteiger partial charge in [0.05, 0.1) is 12.7 Å². The molecule has 5 nitrogen and oxygen atoms in total. The van der Waals surface area contributed by atoms with E-state index in [2.05, 4.69) is 22.6 Å². The Morgan fingerprint density at radius 3 is 2.94 bits per heavy atom. The largest absolute Gasteiger partial charge is 0.495 e. The van der Waals surface area contributed by atoms with Crippen LogP contribution in [-0.2, 0) is 4.65 Å². The van der Waals surface area contributed by atoms with Crippen LogP contribution < -0.4 is 15.9 Å². The van der Waals surface area contributed by atoms with E-state index in [0.29, 0.717) is 17.8 Å². The summed E-state index contributed by atoms with van der Waals surface area (Å²) in [5.41, 5.74) is 7.12. The summed E-state index contributed by atoms with van der Waals surface area (Å²) >= 11 is 2.18. The highest BCUT2D eigenvalue weighted by atomic mass is 127. The highest BCUT2D eigenvalue weighted by molar-refractivity contribution is 14.1. The third kappa shape index (κ3) is 2.43. The highest BCUT2D eigenvalue weighted by Gasteiger charge is 2.38. The minimum atomic E-state index is -1.01. The summed E-state index contributed by atoms with van der Waals surface area (Å²) in [4.78, 5) is 0. The number of halogens is 1. The first-order valence-corrected chi connectivity index (χ1v) is 6.36. The monoisotopic (exact) mass is 349 g/mol. The molecule has 0 aliphatic carbocycles. The maximum Gasteiger partial charge on any atom is 0.495 e. The van der Waals surface area contributed by atoms with Gasteiger partial charge in [0.25, 0.3) is 0 Å². The van der Waals surface area contributed by atoms with Crippen LogP contribution in [0.3, 0.4) is 0 Å². The first-order valence-electron chi connectivity index (χ1n) is 5.28. The van der Waals surface area contributed by atoms with Gasteiger partial charge in [0, 0.05) is 15.6 Å². The molecular formula is C10H13BINO4. The van der Waals surface area contributed by atoms with Gasteiger partial charge in [-0.2, -0.15) is 0 Å². The second kappa shape index (κ2) is 5.53. The average molecular weight is 349 g/mol. The molecule has 7 heteroatoms. The van der Waals surface area contributed by atoms with Crippen molar-refractivity contribution in [2.75, 3.05) is 19.8 Å². The number of nitrogens with two attached hydrogens (primary N) is 1. The quantitative estimate of drug-likeness (QED) is 0.499. The van der Waals surface area contributed by atoms with Crippen molar-refractivity contribution in [2.45, 2.75) is 6.10 Å². The van der Waals surface area contributed by atoms with Gasteiger partial charge in [-0.1, -0.05) is 0 Å². The minimum absolute atomic E-state index is 0.0714. The maximum absolute atomic E-state index is 9.86. The van der Waals surface area contributed by atoms with Crippen LogP contribution in [0.2, 0.25) is 0 Å². The number of aliphatic hydroxyl groups is 1. The normalized spacial score (nSPS) is 18.4. The first kappa shape index (κ1) is 13.1. The average Bonchev–Trinajstić information content (AvgIpc) is 2.67. The number of ether oxygens (including phenoxy) is 1. The molecule has 0 fully saturated rings. The van der Waals surface area contributed by atoms with Gasteiger partial charge in [0.1, 0.15) is 12.4 Å². The lowest BCUT2D eigenvalue weighted by Gasteiger charge is -2.13. The molecule has 0 radical (unpaired) electrons. The second-order valence-corrected chi connectivity index (χ2v) is 4.82. The molecule has 0 saturated heterocycles. The predicted octanol–water partition coefficient (Wildman–Crippen LogP) is -0.620. The van der Waals surface area contributed by atoms with Crippen molar-refractivity contribution < 1.29 is 19.5 Å². The van der Waals surface area contributed by atoms with Crippen molar-refractivity contribution in [3.05, 3.63) is 21.3 Å². The Morgan fingerprint density at radius 2 is 2.29 bits per heavy atom. The molecule has 1 aromatic rings. The van der Waals surface area contributed by atoms with E-state index in [1.807, 2.05) is 6.07 Å². The Balaban J connectivity index is 2.42. The number of aliphatic hydroxyl groups excluding tert-OH is 1. The summed E-state index contributed by atoms with van der Waals surface area (Å²) < 4.78 is 11.7. The van der Waals surface area contributed by atoms with E-state index in [0.717, 1.165) is 9.13 Å². The third-order valence-corrected chi connectivity index (χ3v) is 3.56. The molecule has 17 heavy (non-hydrogen) atoms. The Morgan fingerprint density at radius 1 is 1.53 bits per heavy atom. The summed E-state index contributed by atoms with van der Waals surface area (Å²) in [6.07, 6.45) is -0.301. The van der Waals surface area contributed by atoms with Crippen molar-refractivity contribution in [3.63, 3.8) is 0 Å². The topological polar surface area (TPSA) is 84.9 Å². The molecule has 1 aliphatic heterocycles. The molecule has 2 rings (SSSR count). The van der Waals surface area contributed by atoms with Gasteiger partial charge < -0.3 is 25.3 Å². The third-order valence-electron chi connectivity index (χ3n) is 2.62. The van der Waals surface area contributed by atoms with Crippen LogP contribution in [0, 0.1) is 3.57 Å². The molecule has 0 saturated carbocycles. The van der Waals surface area contributed by atoms with Crippen LogP contribution >= 0.6 is 22.6 Å². The van der Waals surface area contributed by atoms with Gasteiger partial charge in [-0.3, -0.25) is 0 Å². The zero-order valence-corrected chi connectivity index (χ0v) is 11.3. The Kier molecular flexibility index (Phi) is 4.26. The molecule has 92 valence electrons. The van der Waals surface area contributed by atoms with E-state index < -0.39 is 7.12 Å². The lowest BCUT2D eigenvalue weighted by atomic mass is 9.78. The number of rotatable bonds is 4. The molecule has 1 heterocycles. The number of benzene rings is 1. The zero-order chi connectivity index (χ0) is 12.4. The predicted molar refractivity (Wildman–Crippen MR) is 72.2 cm³/mol. The van der Waals surface area contributed by atoms with Crippen LogP contribution in [0.25, 0.3) is 0 Å². The Bertz CT molecular complexity index is 418. The fourth-order valence-corrected chi connectivity index (χ4v) is 2.74. The minimum Gasteiger partial charge on any atom is -0.492 e. The van der Waals surface area contributed by atoms with E-state index in [-0.39, 0.29) is 19.3 Å². The summed E-state index contributed by atoms with van der Waals surface area (Å²) in [6.45, 7) is 0.425. The van der Waals surface area contributed by atoms with Crippen LogP contribution in [0.5, 0.6) is 5.75 Å². The smallest absolute Gasteiger partial charge is 0.492 e. The van der Waals surface area contributed by atoms with E-state index in [1.165, 1.54) is 0 Å². The summed E-state index contributed by atoms with van der Waals surface area (Å²) in [5.74, 6) is 0.540. The molecule has 1 aliphatic rings. The molecule has 4 N–H and O–H groups in total. The molecule has 1 atom stereocenters. The lowest BCUT2D eigenvalue weighted by molar-refractivity contribution is 0.196. The van der Waals surface area contributed by atoms with Crippen LogP contribution in [0.4, 0.5) is 0 Å². The molecule has 1 aromatic carbocycles. The fourth-order valence-electron chi connectivity index (χ4n) is 1.92. The molecule has 0 bridgehead atoms. The fraction of sp³-hybridized carbons (Fsp3) is 0.400. The van der Waals surface area contributed by atoms with Crippen molar-refractivity contribution in [2.24, 2.45) is 5.73 Å². The highest BCUT2D eigenvalue weighted by Crippen LogP contribution is 2.30. The molecule has 0 spiro atoms. The standard InChI is InChI=1S/C10H13BINO4/c12-6-1-2-7(16-4-3-14)10-9(6)8(5-13)17-11(10)15/h1-2,8,14-15H,3-5,13H2/t8-/m1/s1. The number of fused-ring (bicyclic) bond motifs is 1. The van der Waals surface area contributed by atoms with Crippen molar-refractivity contribution in [1.82, 2.24) is 0 Å². The molecule has 0 amide bonds. The van der Waals surface area contributed by atoms with Gasteiger partial charge in [-0.25, -0.2) is 0 Å². The van der Waals surface area contributed by atoms with Gasteiger partial charge in [0.15, 0.2) is 0 Å². The van der Waals surface area contributed by atoms with E-state index >= 15 is 0 Å². The Labute approximate surface area is 113 Å². The van der Waals surface area contributed by atoms with Crippen molar-refractivity contribution in [3.8, 4) is 5.75 Å². The van der Waals surface area contributed by atoms with Gasteiger partial charge in [-0.15, -0.1) is 0 Å². The lowest BCUT2D eigenvalue weighted by Crippen LogP contribution is -2.30. The first-order chi connectivity index (χ1) is 8.19. The van der Waals surface area contributed by atoms with E-state index in [4.69, 9.17) is 20.2 Å². The Hall–Kier alpha value is -0.345. The van der Waals surface area contributed by atoms with Crippen molar-refractivity contribution in [1.29, 1.82) is 0 Å². The van der Waals surface area contributed by atoms with Crippen LogP contribution in [-0.4, -0.2) is 37.0 Å². The van der Waals surface area contributed by atoms with Gasteiger partial charge in [0.2, 0.25) is 0 Å². The second-order valence-electron chi connectivity index (χ2n) is 3.66. The number of hydrogen-bond donors (Lipinski definition) is 3. The van der Waals surface area contributed by atoms with Crippen molar-refractivity contribution >= 4 is 35.2 Å². The maximum atomic E-state index is 9.86. The van der Waals surface area contributed by atoms with Gasteiger partial charge >= 0.3 is 7.12 Å². The number of hydrogen-bond acceptors (Lipinski definition) is 5. The summed E-state index contributed by atoms with van der Waals surface area (Å²) in [5, 5.41) is 18.6.